The smallest absolute Gasteiger partial charge is 0.0169 e. The van der Waals surface area contributed by atoms with Crippen LogP contribution in [0.5, 0.6) is 0 Å². The van der Waals surface area contributed by atoms with Crippen molar-refractivity contribution in [1.82, 2.24) is 0 Å². The molecule has 2 fully saturated rings. The van der Waals surface area contributed by atoms with Gasteiger partial charge in [0.25, 0.3) is 0 Å². The lowest BCUT2D eigenvalue weighted by Crippen LogP contribution is -2.08. The Morgan fingerprint density at radius 1 is 1.18 bits per heavy atom. The van der Waals surface area contributed by atoms with Crippen molar-refractivity contribution < 1.29 is 0 Å². The first kappa shape index (κ1) is 6.28. The SMILES string of the molecule is C1=C2CCCCC3CC1CC23. The molecule has 0 nitrogen and oxygen atoms in total. The zero-order chi connectivity index (χ0) is 7.26. The van der Waals surface area contributed by atoms with E-state index in [1.165, 1.54) is 32.1 Å². The maximum Gasteiger partial charge on any atom is -0.0169 e. The molecule has 2 saturated carbocycles. The van der Waals surface area contributed by atoms with Crippen molar-refractivity contribution in [1.29, 1.82) is 0 Å². The van der Waals surface area contributed by atoms with Crippen LogP contribution in [-0.2, 0) is 0 Å². The van der Waals surface area contributed by atoms with E-state index in [0.717, 1.165) is 17.8 Å². The van der Waals surface area contributed by atoms with Gasteiger partial charge in [0.1, 0.15) is 0 Å². The van der Waals surface area contributed by atoms with Crippen LogP contribution in [0.2, 0.25) is 0 Å². The van der Waals surface area contributed by atoms with Gasteiger partial charge in [0.15, 0.2) is 0 Å². The van der Waals surface area contributed by atoms with E-state index in [1.54, 1.807) is 6.42 Å². The Balaban J connectivity index is 1.96. The summed E-state index contributed by atoms with van der Waals surface area (Å²) in [6.07, 6.45) is 11.6. The minimum absolute atomic E-state index is 1.01. The Kier molecular flexibility index (Phi) is 1.21. The molecular weight excluding hydrogens is 132 g/mol. The molecule has 60 valence electrons. The highest BCUT2D eigenvalue weighted by Crippen LogP contribution is 2.52. The second-order valence-corrected chi connectivity index (χ2v) is 4.59. The average Bonchev–Trinajstić information content (AvgIpc) is 2.55. The summed E-state index contributed by atoms with van der Waals surface area (Å²) >= 11 is 0. The van der Waals surface area contributed by atoms with E-state index in [2.05, 4.69) is 6.08 Å². The van der Waals surface area contributed by atoms with Crippen LogP contribution in [0.3, 0.4) is 0 Å². The van der Waals surface area contributed by atoms with E-state index < -0.39 is 0 Å². The molecule has 3 rings (SSSR count). The van der Waals surface area contributed by atoms with Gasteiger partial charge in [-0.05, 0) is 49.9 Å². The van der Waals surface area contributed by atoms with Gasteiger partial charge in [-0.15, -0.1) is 0 Å². The highest BCUT2D eigenvalue weighted by atomic mass is 14.5. The third-order valence-electron chi connectivity index (χ3n) is 3.95. The normalized spacial score (nSPS) is 47.3. The van der Waals surface area contributed by atoms with E-state index in [-0.39, 0.29) is 0 Å². The molecule has 0 heteroatoms. The first-order valence-corrected chi connectivity index (χ1v) is 5.14. The van der Waals surface area contributed by atoms with Gasteiger partial charge < -0.3 is 0 Å². The highest BCUT2D eigenvalue weighted by Gasteiger charge is 2.40. The average molecular weight is 148 g/mol. The molecule has 0 radical (unpaired) electrons. The number of rotatable bonds is 0. The third-order valence-corrected chi connectivity index (χ3v) is 3.95. The van der Waals surface area contributed by atoms with Gasteiger partial charge in [0, 0.05) is 0 Å². The zero-order valence-electron chi connectivity index (χ0n) is 7.05. The van der Waals surface area contributed by atoms with E-state index in [1.807, 2.05) is 5.57 Å². The van der Waals surface area contributed by atoms with Gasteiger partial charge >= 0.3 is 0 Å². The molecule has 2 bridgehead atoms. The lowest BCUT2D eigenvalue weighted by molar-refractivity contribution is 0.410. The Morgan fingerprint density at radius 3 is 3.09 bits per heavy atom. The predicted molar refractivity (Wildman–Crippen MR) is 46.3 cm³/mol. The largest absolute Gasteiger partial charge is 0.0819 e. The van der Waals surface area contributed by atoms with Crippen LogP contribution in [0.25, 0.3) is 0 Å². The van der Waals surface area contributed by atoms with Gasteiger partial charge in [-0.25, -0.2) is 0 Å². The minimum Gasteiger partial charge on any atom is -0.0819 e. The van der Waals surface area contributed by atoms with Gasteiger partial charge in [-0.3, -0.25) is 0 Å². The Hall–Kier alpha value is -0.260. The van der Waals surface area contributed by atoms with Crippen LogP contribution in [0.4, 0.5) is 0 Å². The third kappa shape index (κ3) is 0.816. The highest BCUT2D eigenvalue weighted by molar-refractivity contribution is 5.22. The van der Waals surface area contributed by atoms with E-state index in [0.29, 0.717) is 0 Å². The standard InChI is InChI=1S/C11H16/c1-2-4-10-6-8-5-9(3-1)11(10)7-8/h5,8,10-11H,1-4,6-7H2. The number of allylic oxidation sites excluding steroid dienone is 2. The fourth-order valence-electron chi connectivity index (χ4n) is 3.51. The molecule has 3 atom stereocenters. The maximum absolute atomic E-state index is 2.60. The summed E-state index contributed by atoms with van der Waals surface area (Å²) in [7, 11) is 0. The number of fused-ring (bicyclic) bond motifs is 1. The van der Waals surface area contributed by atoms with Gasteiger partial charge in [-0.1, -0.05) is 18.1 Å². The summed E-state index contributed by atoms with van der Waals surface area (Å²) < 4.78 is 0. The monoisotopic (exact) mass is 148 g/mol. The van der Waals surface area contributed by atoms with Crippen molar-refractivity contribution in [2.75, 3.05) is 0 Å². The molecule has 11 heavy (non-hydrogen) atoms. The molecule has 3 unspecified atom stereocenters. The quantitative estimate of drug-likeness (QED) is 0.463. The van der Waals surface area contributed by atoms with E-state index in [4.69, 9.17) is 0 Å². The molecule has 0 aromatic heterocycles. The van der Waals surface area contributed by atoms with Crippen LogP contribution in [0.1, 0.15) is 38.5 Å². The van der Waals surface area contributed by atoms with Gasteiger partial charge in [0.2, 0.25) is 0 Å². The van der Waals surface area contributed by atoms with Crippen LogP contribution in [0.15, 0.2) is 11.6 Å². The minimum atomic E-state index is 1.01. The molecule has 0 amide bonds. The van der Waals surface area contributed by atoms with Crippen molar-refractivity contribution in [3.8, 4) is 0 Å². The summed E-state index contributed by atoms with van der Waals surface area (Å²) in [5, 5.41) is 0. The molecule has 0 aromatic rings. The van der Waals surface area contributed by atoms with Crippen molar-refractivity contribution in [3.63, 3.8) is 0 Å². The summed E-state index contributed by atoms with van der Waals surface area (Å²) in [6, 6.07) is 0. The molecule has 0 spiro atoms. The van der Waals surface area contributed by atoms with Crippen LogP contribution < -0.4 is 0 Å². The lowest BCUT2D eigenvalue weighted by atomic mass is 9.86. The fourth-order valence-corrected chi connectivity index (χ4v) is 3.51. The summed E-state index contributed by atoms with van der Waals surface area (Å²) in [4.78, 5) is 0. The molecular formula is C11H16. The van der Waals surface area contributed by atoms with Crippen LogP contribution in [-0.4, -0.2) is 0 Å². The van der Waals surface area contributed by atoms with Gasteiger partial charge in [-0.2, -0.15) is 0 Å². The molecule has 0 aliphatic heterocycles. The number of hydrogen-bond donors (Lipinski definition) is 0. The second-order valence-electron chi connectivity index (χ2n) is 4.59. The molecule has 3 aliphatic carbocycles. The van der Waals surface area contributed by atoms with Crippen LogP contribution in [0, 0.1) is 17.8 Å². The lowest BCUT2D eigenvalue weighted by Gasteiger charge is -2.19. The van der Waals surface area contributed by atoms with E-state index in [9.17, 15) is 0 Å². The number of hydrogen-bond acceptors (Lipinski definition) is 0. The predicted octanol–water partition coefficient (Wildman–Crippen LogP) is 3.14. The molecule has 0 aromatic carbocycles. The first-order chi connectivity index (χ1) is 5.43. The Labute approximate surface area is 68.7 Å². The van der Waals surface area contributed by atoms with Crippen molar-refractivity contribution >= 4 is 0 Å². The van der Waals surface area contributed by atoms with Gasteiger partial charge in [0.05, 0.1) is 0 Å². The molecule has 0 heterocycles. The Morgan fingerprint density at radius 2 is 2.18 bits per heavy atom. The van der Waals surface area contributed by atoms with Crippen molar-refractivity contribution in [2.45, 2.75) is 38.5 Å². The fraction of sp³-hybridized carbons (Fsp3) is 0.818. The Bertz CT molecular complexity index is 202. The van der Waals surface area contributed by atoms with Crippen molar-refractivity contribution in [3.05, 3.63) is 11.6 Å². The summed E-state index contributed by atoms with van der Waals surface area (Å²) in [5.41, 5.74) is 1.85. The topological polar surface area (TPSA) is 0 Å². The van der Waals surface area contributed by atoms with E-state index >= 15 is 0 Å². The summed E-state index contributed by atoms with van der Waals surface area (Å²) in [6.45, 7) is 0. The van der Waals surface area contributed by atoms with Crippen LogP contribution >= 0.6 is 0 Å². The molecule has 0 N–H and O–H groups in total. The first-order valence-electron chi connectivity index (χ1n) is 5.14. The maximum atomic E-state index is 2.60. The second kappa shape index (κ2) is 2.12. The van der Waals surface area contributed by atoms with Crippen molar-refractivity contribution in [2.24, 2.45) is 17.8 Å². The summed E-state index contributed by atoms with van der Waals surface area (Å²) in [5.74, 6) is 3.18. The molecule has 3 aliphatic rings. The molecule has 0 saturated heterocycles. The zero-order valence-corrected chi connectivity index (χ0v) is 7.05.